The van der Waals surface area contributed by atoms with E-state index in [0.717, 1.165) is 6.07 Å². The Hall–Kier alpha value is -2.05. The summed E-state index contributed by atoms with van der Waals surface area (Å²) in [6, 6.07) is 1.13. The molecule has 6 nitrogen and oxygen atoms in total. The first-order valence-corrected chi connectivity index (χ1v) is 7.75. The first-order chi connectivity index (χ1) is 10.7. The molecule has 2 fully saturated rings. The summed E-state index contributed by atoms with van der Waals surface area (Å²) in [5, 5.41) is 0. The lowest BCUT2D eigenvalue weighted by atomic mass is 10.0. The second-order valence-corrected chi connectivity index (χ2v) is 7.21. The maximum absolute atomic E-state index is 13.5. The molecule has 0 radical (unpaired) electrons. The van der Waals surface area contributed by atoms with Crippen molar-refractivity contribution in [1.82, 2.24) is 9.80 Å². The molecule has 0 saturated carbocycles. The number of ether oxygens (including phenoxy) is 1. The van der Waals surface area contributed by atoms with Crippen LogP contribution >= 0.6 is 0 Å². The minimum absolute atomic E-state index is 0.199. The van der Waals surface area contributed by atoms with E-state index in [9.17, 15) is 14.0 Å². The third-order valence-corrected chi connectivity index (χ3v) is 4.24. The average Bonchev–Trinajstić information content (AvgIpc) is 3.08. The van der Waals surface area contributed by atoms with Crippen LogP contribution in [0.5, 0.6) is 0 Å². The van der Waals surface area contributed by atoms with Gasteiger partial charge in [-0.15, -0.1) is 0 Å². The van der Waals surface area contributed by atoms with Gasteiger partial charge in [-0.1, -0.05) is 0 Å². The Morgan fingerprint density at radius 2 is 1.74 bits per heavy atom. The summed E-state index contributed by atoms with van der Waals surface area (Å²) in [4.78, 5) is 27.6. The van der Waals surface area contributed by atoms with Crippen LogP contribution in [0.1, 0.15) is 31.3 Å². The highest BCUT2D eigenvalue weighted by molar-refractivity contribution is 5.92. The molecule has 0 aliphatic carbocycles. The number of fused-ring (bicyclic) bond motifs is 1. The van der Waals surface area contributed by atoms with Gasteiger partial charge in [-0.25, -0.2) is 9.18 Å². The molecule has 2 aliphatic heterocycles. The van der Waals surface area contributed by atoms with Gasteiger partial charge < -0.3 is 19.0 Å². The molecule has 126 valence electrons. The maximum Gasteiger partial charge on any atom is 0.410 e. The fourth-order valence-electron chi connectivity index (χ4n) is 3.22. The van der Waals surface area contributed by atoms with E-state index in [2.05, 4.69) is 0 Å². The monoisotopic (exact) mass is 324 g/mol. The van der Waals surface area contributed by atoms with Crippen LogP contribution in [0.4, 0.5) is 9.18 Å². The Kier molecular flexibility index (Phi) is 3.82. The standard InChI is InChI=1S/C16H21FN2O4/c1-16(2,3)23-15(21)19-8-10-6-18(7-11(10)9-19)14(20)13-12(17)4-5-22-13/h4-5,10-11H,6-9H2,1-3H3. The number of carbonyl (C=O) groups is 2. The predicted octanol–water partition coefficient (Wildman–Crippen LogP) is 2.36. The van der Waals surface area contributed by atoms with E-state index in [0.29, 0.717) is 26.2 Å². The van der Waals surface area contributed by atoms with Gasteiger partial charge in [0.25, 0.3) is 5.91 Å². The van der Waals surface area contributed by atoms with E-state index in [4.69, 9.17) is 9.15 Å². The second-order valence-electron chi connectivity index (χ2n) is 7.21. The highest BCUT2D eigenvalue weighted by Gasteiger charge is 2.44. The van der Waals surface area contributed by atoms with Crippen LogP contribution < -0.4 is 0 Å². The summed E-state index contributed by atoms with van der Waals surface area (Å²) in [5.41, 5.74) is -0.520. The zero-order valence-electron chi connectivity index (χ0n) is 13.5. The van der Waals surface area contributed by atoms with Crippen LogP contribution in [0.25, 0.3) is 0 Å². The number of likely N-dealkylation sites (tertiary alicyclic amines) is 2. The third kappa shape index (κ3) is 3.18. The summed E-state index contributed by atoms with van der Waals surface area (Å²) >= 11 is 0. The Labute approximate surface area is 134 Å². The van der Waals surface area contributed by atoms with Crippen molar-refractivity contribution < 1.29 is 23.1 Å². The van der Waals surface area contributed by atoms with Gasteiger partial charge >= 0.3 is 6.09 Å². The molecule has 0 N–H and O–H groups in total. The minimum atomic E-state index is -0.637. The summed E-state index contributed by atoms with van der Waals surface area (Å²) in [7, 11) is 0. The molecule has 2 unspecified atom stereocenters. The highest BCUT2D eigenvalue weighted by Crippen LogP contribution is 2.33. The zero-order chi connectivity index (χ0) is 16.8. The predicted molar refractivity (Wildman–Crippen MR) is 79.4 cm³/mol. The summed E-state index contributed by atoms with van der Waals surface area (Å²) in [6.45, 7) is 7.63. The molecular formula is C16H21FN2O4. The van der Waals surface area contributed by atoms with Crippen molar-refractivity contribution >= 4 is 12.0 Å². The summed E-state index contributed by atoms with van der Waals surface area (Å²) < 4.78 is 23.8. The van der Waals surface area contributed by atoms with Crippen molar-refractivity contribution in [3.05, 3.63) is 23.9 Å². The van der Waals surface area contributed by atoms with Gasteiger partial charge in [0.05, 0.1) is 6.26 Å². The van der Waals surface area contributed by atoms with Crippen molar-refractivity contribution in [2.75, 3.05) is 26.2 Å². The molecule has 0 aromatic carbocycles. The number of furan rings is 1. The molecule has 2 amide bonds. The van der Waals surface area contributed by atoms with Crippen LogP contribution in [0.2, 0.25) is 0 Å². The quantitative estimate of drug-likeness (QED) is 0.795. The van der Waals surface area contributed by atoms with Crippen molar-refractivity contribution in [3.8, 4) is 0 Å². The number of rotatable bonds is 1. The molecule has 1 aromatic rings. The topological polar surface area (TPSA) is 63.0 Å². The van der Waals surface area contributed by atoms with Crippen LogP contribution in [-0.2, 0) is 4.74 Å². The molecule has 0 spiro atoms. The number of nitrogens with zero attached hydrogens (tertiary/aromatic N) is 2. The first-order valence-electron chi connectivity index (χ1n) is 7.75. The van der Waals surface area contributed by atoms with Crippen LogP contribution in [-0.4, -0.2) is 53.6 Å². The van der Waals surface area contributed by atoms with Crippen molar-refractivity contribution in [2.45, 2.75) is 26.4 Å². The molecule has 2 aliphatic rings. The normalized spacial score (nSPS) is 24.0. The van der Waals surface area contributed by atoms with Crippen molar-refractivity contribution in [1.29, 1.82) is 0 Å². The van der Waals surface area contributed by atoms with Gasteiger partial charge in [-0.05, 0) is 20.8 Å². The van der Waals surface area contributed by atoms with Crippen molar-refractivity contribution in [3.63, 3.8) is 0 Å². The third-order valence-electron chi connectivity index (χ3n) is 4.24. The van der Waals surface area contributed by atoms with Gasteiger partial charge in [0.2, 0.25) is 5.76 Å². The second kappa shape index (κ2) is 5.54. The van der Waals surface area contributed by atoms with E-state index < -0.39 is 17.3 Å². The van der Waals surface area contributed by atoms with Gasteiger partial charge in [-0.2, -0.15) is 0 Å². The van der Waals surface area contributed by atoms with E-state index in [-0.39, 0.29) is 23.7 Å². The molecule has 7 heteroatoms. The fraction of sp³-hybridized carbons (Fsp3) is 0.625. The van der Waals surface area contributed by atoms with Crippen LogP contribution in [0.3, 0.4) is 0 Å². The number of hydrogen-bond donors (Lipinski definition) is 0. The van der Waals surface area contributed by atoms with E-state index in [1.54, 1.807) is 9.80 Å². The maximum atomic E-state index is 13.5. The lowest BCUT2D eigenvalue weighted by Gasteiger charge is -2.25. The molecule has 1 aromatic heterocycles. The van der Waals surface area contributed by atoms with Gasteiger partial charge in [0.15, 0.2) is 5.82 Å². The molecule has 2 atom stereocenters. The minimum Gasteiger partial charge on any atom is -0.456 e. The Morgan fingerprint density at radius 3 is 2.22 bits per heavy atom. The Bertz CT molecular complexity index is 608. The first kappa shape index (κ1) is 15.8. The molecule has 23 heavy (non-hydrogen) atoms. The van der Waals surface area contributed by atoms with E-state index >= 15 is 0 Å². The molecule has 3 rings (SSSR count). The molecule has 2 saturated heterocycles. The SMILES string of the molecule is CC(C)(C)OC(=O)N1CC2CN(C(=O)c3occc3F)CC2C1. The molecule has 0 bridgehead atoms. The van der Waals surface area contributed by atoms with Crippen LogP contribution in [0.15, 0.2) is 16.7 Å². The number of carbonyl (C=O) groups excluding carboxylic acids is 2. The lowest BCUT2D eigenvalue weighted by molar-refractivity contribution is 0.0275. The van der Waals surface area contributed by atoms with Gasteiger partial charge in [-0.3, -0.25) is 4.79 Å². The van der Waals surface area contributed by atoms with E-state index in [1.165, 1.54) is 6.26 Å². The van der Waals surface area contributed by atoms with Crippen molar-refractivity contribution in [2.24, 2.45) is 11.8 Å². The molecule has 3 heterocycles. The van der Waals surface area contributed by atoms with E-state index in [1.807, 2.05) is 20.8 Å². The van der Waals surface area contributed by atoms with Gasteiger partial charge in [0, 0.05) is 44.1 Å². The van der Waals surface area contributed by atoms with Crippen LogP contribution in [0, 0.1) is 17.7 Å². The largest absolute Gasteiger partial charge is 0.456 e. The summed E-state index contributed by atoms with van der Waals surface area (Å²) in [6.07, 6.45) is 0.853. The fourth-order valence-corrected chi connectivity index (χ4v) is 3.22. The average molecular weight is 324 g/mol. The number of halogens is 1. The zero-order valence-corrected chi connectivity index (χ0v) is 13.5. The number of hydrogen-bond acceptors (Lipinski definition) is 4. The Balaban J connectivity index is 1.59. The lowest BCUT2D eigenvalue weighted by Crippen LogP contribution is -2.38. The summed E-state index contributed by atoms with van der Waals surface area (Å²) in [5.74, 6) is -0.906. The highest BCUT2D eigenvalue weighted by atomic mass is 19.1. The Morgan fingerprint density at radius 1 is 1.17 bits per heavy atom. The van der Waals surface area contributed by atoms with Gasteiger partial charge in [0.1, 0.15) is 5.60 Å². The smallest absolute Gasteiger partial charge is 0.410 e. The number of amides is 2. The molecular weight excluding hydrogens is 303 g/mol.